The van der Waals surface area contributed by atoms with Crippen LogP contribution in [-0.4, -0.2) is 16.8 Å². The van der Waals surface area contributed by atoms with Gasteiger partial charge in [0.25, 0.3) is 0 Å². The molecule has 1 N–H and O–H groups in total. The highest BCUT2D eigenvalue weighted by Gasteiger charge is 2.23. The molecule has 0 saturated heterocycles. The van der Waals surface area contributed by atoms with E-state index in [4.69, 9.17) is 0 Å². The maximum Gasteiger partial charge on any atom is 0.124 e. The summed E-state index contributed by atoms with van der Waals surface area (Å²) in [6.45, 7) is 4.18. The summed E-state index contributed by atoms with van der Waals surface area (Å²) in [5, 5.41) is 7.71. The lowest BCUT2D eigenvalue weighted by Gasteiger charge is -2.22. The molecule has 6 heteroatoms. The van der Waals surface area contributed by atoms with Crippen LogP contribution in [0.3, 0.4) is 0 Å². The van der Waals surface area contributed by atoms with Crippen LogP contribution in [0, 0.1) is 9.39 Å². The molecule has 1 aromatic carbocycles. The lowest BCUT2D eigenvalue weighted by atomic mass is 10.0. The lowest BCUT2D eigenvalue weighted by Crippen LogP contribution is -2.23. The second-order valence-electron chi connectivity index (χ2n) is 4.80. The van der Waals surface area contributed by atoms with Crippen LogP contribution in [0.15, 0.2) is 28.9 Å². The van der Waals surface area contributed by atoms with E-state index in [-0.39, 0.29) is 17.9 Å². The average molecular weight is 452 g/mol. The van der Waals surface area contributed by atoms with Gasteiger partial charge >= 0.3 is 0 Å². The molecule has 1 aromatic heterocycles. The number of aromatic nitrogens is 2. The van der Waals surface area contributed by atoms with Gasteiger partial charge < -0.3 is 5.32 Å². The molecular formula is C14H16BrFIN3. The topological polar surface area (TPSA) is 29.9 Å². The quantitative estimate of drug-likeness (QED) is 0.703. The lowest BCUT2D eigenvalue weighted by molar-refractivity contribution is 0.482. The molecule has 0 saturated carbocycles. The summed E-state index contributed by atoms with van der Waals surface area (Å²) in [6, 6.07) is 5.07. The van der Waals surface area contributed by atoms with Crippen molar-refractivity contribution in [1.29, 1.82) is 0 Å². The molecule has 0 aliphatic rings. The van der Waals surface area contributed by atoms with Crippen LogP contribution in [0.25, 0.3) is 0 Å². The van der Waals surface area contributed by atoms with Crippen molar-refractivity contribution >= 4 is 38.5 Å². The summed E-state index contributed by atoms with van der Waals surface area (Å²) in [5.41, 5.74) is 2.09. The van der Waals surface area contributed by atoms with E-state index >= 15 is 0 Å². The predicted molar refractivity (Wildman–Crippen MR) is 90.3 cm³/mol. The molecule has 1 unspecified atom stereocenters. The largest absolute Gasteiger partial charge is 0.308 e. The van der Waals surface area contributed by atoms with Gasteiger partial charge in [-0.25, -0.2) is 4.39 Å². The Labute approximate surface area is 140 Å². The molecule has 108 valence electrons. The Morgan fingerprint density at radius 3 is 2.65 bits per heavy atom. The molecule has 2 aromatic rings. The van der Waals surface area contributed by atoms with Crippen molar-refractivity contribution in [3.8, 4) is 0 Å². The Morgan fingerprint density at radius 1 is 1.40 bits per heavy atom. The first-order valence-corrected chi connectivity index (χ1v) is 8.18. The van der Waals surface area contributed by atoms with E-state index in [1.54, 1.807) is 12.3 Å². The van der Waals surface area contributed by atoms with Crippen LogP contribution in [0.5, 0.6) is 0 Å². The third-order valence-electron chi connectivity index (χ3n) is 3.11. The summed E-state index contributed by atoms with van der Waals surface area (Å²) in [5.74, 6) is -0.218. The average Bonchev–Trinajstić information content (AvgIpc) is 2.75. The smallest absolute Gasteiger partial charge is 0.124 e. The first kappa shape index (κ1) is 15.9. The van der Waals surface area contributed by atoms with E-state index in [2.05, 4.69) is 62.8 Å². The molecular weight excluding hydrogens is 436 g/mol. The highest BCUT2D eigenvalue weighted by molar-refractivity contribution is 14.1. The maximum atomic E-state index is 13.3. The van der Waals surface area contributed by atoms with Crippen LogP contribution in [0.1, 0.15) is 37.2 Å². The van der Waals surface area contributed by atoms with E-state index in [0.717, 1.165) is 19.3 Å². The van der Waals surface area contributed by atoms with Crippen molar-refractivity contribution < 1.29 is 4.39 Å². The predicted octanol–water partition coefficient (Wildman–Crippen LogP) is 4.28. The minimum absolute atomic E-state index is 0.0400. The molecule has 0 radical (unpaired) electrons. The molecule has 20 heavy (non-hydrogen) atoms. The van der Waals surface area contributed by atoms with Crippen LogP contribution in [0.4, 0.5) is 4.39 Å². The number of hydrogen-bond acceptors (Lipinski definition) is 2. The van der Waals surface area contributed by atoms with Gasteiger partial charge in [-0.1, -0.05) is 6.07 Å². The molecule has 1 heterocycles. The van der Waals surface area contributed by atoms with Crippen molar-refractivity contribution in [3.05, 3.63) is 49.5 Å². The fourth-order valence-corrected chi connectivity index (χ4v) is 3.50. The van der Waals surface area contributed by atoms with E-state index in [1.165, 1.54) is 6.07 Å². The second-order valence-corrected chi connectivity index (χ2v) is 6.82. The highest BCUT2D eigenvalue weighted by atomic mass is 127. The number of nitrogens with one attached hydrogen (secondary N) is 1. The van der Waals surface area contributed by atoms with Gasteiger partial charge in [-0.2, -0.15) is 5.10 Å². The van der Waals surface area contributed by atoms with Gasteiger partial charge in [0.05, 0.1) is 22.4 Å². The summed E-state index contributed by atoms with van der Waals surface area (Å²) in [4.78, 5) is 0. The van der Waals surface area contributed by atoms with Crippen molar-refractivity contribution in [3.63, 3.8) is 0 Å². The summed E-state index contributed by atoms with van der Waals surface area (Å²) < 4.78 is 17.1. The molecule has 0 bridgehead atoms. The van der Waals surface area contributed by atoms with Crippen molar-refractivity contribution in [2.75, 3.05) is 7.05 Å². The van der Waals surface area contributed by atoms with Crippen LogP contribution >= 0.6 is 38.5 Å². The fourth-order valence-electron chi connectivity index (χ4n) is 2.21. The molecule has 2 rings (SSSR count). The zero-order chi connectivity index (χ0) is 14.9. The third-order valence-corrected chi connectivity index (χ3v) is 4.66. The Balaban J connectivity index is 2.55. The third kappa shape index (κ3) is 3.07. The first-order chi connectivity index (χ1) is 9.45. The van der Waals surface area contributed by atoms with Gasteiger partial charge in [-0.15, -0.1) is 0 Å². The van der Waals surface area contributed by atoms with Gasteiger partial charge in [-0.3, -0.25) is 4.68 Å². The molecule has 0 amide bonds. The van der Waals surface area contributed by atoms with E-state index in [9.17, 15) is 4.39 Å². The zero-order valence-electron chi connectivity index (χ0n) is 11.5. The normalized spacial score (nSPS) is 12.9. The van der Waals surface area contributed by atoms with E-state index < -0.39 is 0 Å². The SMILES string of the molecule is CNC(c1ccc(F)cc1I)c1c(Br)cnn1C(C)C. The molecule has 0 fully saturated rings. The number of nitrogens with zero attached hydrogens (tertiary/aromatic N) is 2. The number of benzene rings is 1. The molecule has 0 spiro atoms. The summed E-state index contributed by atoms with van der Waals surface area (Å²) in [6.07, 6.45) is 1.80. The number of rotatable bonds is 4. The van der Waals surface area contributed by atoms with Crippen molar-refractivity contribution in [1.82, 2.24) is 15.1 Å². The first-order valence-electron chi connectivity index (χ1n) is 6.30. The van der Waals surface area contributed by atoms with Gasteiger partial charge in [-0.05, 0) is 77.1 Å². The van der Waals surface area contributed by atoms with E-state index in [1.807, 2.05) is 17.8 Å². The molecule has 0 aliphatic carbocycles. The van der Waals surface area contributed by atoms with Crippen LogP contribution < -0.4 is 5.32 Å². The Bertz CT molecular complexity index is 612. The van der Waals surface area contributed by atoms with Gasteiger partial charge in [0.1, 0.15) is 5.82 Å². The maximum absolute atomic E-state index is 13.3. The van der Waals surface area contributed by atoms with Gasteiger partial charge in [0, 0.05) is 9.61 Å². The summed E-state index contributed by atoms with van der Waals surface area (Å²) in [7, 11) is 1.90. The molecule has 0 aliphatic heterocycles. The number of halogens is 3. The Morgan fingerprint density at radius 2 is 2.10 bits per heavy atom. The monoisotopic (exact) mass is 451 g/mol. The van der Waals surface area contributed by atoms with Crippen LogP contribution in [0.2, 0.25) is 0 Å². The van der Waals surface area contributed by atoms with Gasteiger partial charge in [0.15, 0.2) is 0 Å². The highest BCUT2D eigenvalue weighted by Crippen LogP contribution is 2.32. The van der Waals surface area contributed by atoms with Crippen molar-refractivity contribution in [2.24, 2.45) is 0 Å². The number of hydrogen-bond donors (Lipinski definition) is 1. The van der Waals surface area contributed by atoms with Gasteiger partial charge in [0.2, 0.25) is 0 Å². The molecule has 3 nitrogen and oxygen atoms in total. The minimum Gasteiger partial charge on any atom is -0.308 e. The zero-order valence-corrected chi connectivity index (χ0v) is 15.2. The Hall–Kier alpha value is -0.470. The fraction of sp³-hybridized carbons (Fsp3) is 0.357. The Kier molecular flexibility index (Phi) is 5.19. The minimum atomic E-state index is -0.218. The standard InChI is InChI=1S/C14H16BrFIN3/c1-8(2)20-14(11(15)7-19-20)13(18-3)10-5-4-9(16)6-12(10)17/h4-8,13,18H,1-3H3. The van der Waals surface area contributed by atoms with E-state index in [0.29, 0.717) is 0 Å². The molecule has 1 atom stereocenters. The second kappa shape index (κ2) is 6.53. The van der Waals surface area contributed by atoms with Crippen molar-refractivity contribution in [2.45, 2.75) is 25.9 Å². The summed E-state index contributed by atoms with van der Waals surface area (Å²) >= 11 is 5.73. The van der Waals surface area contributed by atoms with Crippen LogP contribution in [-0.2, 0) is 0 Å².